The fourth-order valence-corrected chi connectivity index (χ4v) is 0. The zero-order valence-electron chi connectivity index (χ0n) is 2.83. The normalized spacial score (nSPS) is 7.25. The summed E-state index contributed by atoms with van der Waals surface area (Å²) in [4.78, 5) is 0. The number of rotatable bonds is 0. The summed E-state index contributed by atoms with van der Waals surface area (Å²) >= 11 is -5.25. The molecule has 0 aromatic heterocycles. The maximum Gasteiger partial charge on any atom is 0 e. The van der Waals surface area contributed by atoms with Gasteiger partial charge in [0.05, 0.1) is 0 Å². The van der Waals surface area contributed by atoms with Crippen molar-refractivity contribution >= 4 is 72.5 Å². The average molecular weight is 258 g/mol. The first-order valence-corrected chi connectivity index (χ1v) is 3.63. The summed E-state index contributed by atoms with van der Waals surface area (Å²) in [5.41, 5.74) is 0. The van der Waals surface area contributed by atoms with E-state index >= 15 is 0 Å². The van der Waals surface area contributed by atoms with E-state index in [-0.39, 0.29) is 78.6 Å². The smallest absolute Gasteiger partial charge is 0 e. The summed E-state index contributed by atoms with van der Waals surface area (Å²) in [6.07, 6.45) is 0. The van der Waals surface area contributed by atoms with E-state index in [4.69, 9.17) is 16.0 Å². The van der Waals surface area contributed by atoms with Gasteiger partial charge in [-0.3, -0.25) is 0 Å². The Kier molecular flexibility index (Phi) is 27.1. The quantitative estimate of drug-likeness (QED) is 0.453. The van der Waals surface area contributed by atoms with Crippen molar-refractivity contribution < 1.29 is 35.5 Å². The van der Waals surface area contributed by atoms with Gasteiger partial charge in [0.25, 0.3) is 0 Å². The Balaban J connectivity index is -0.0000000267. The third kappa shape index (κ3) is 71.7. The summed E-state index contributed by atoms with van der Waals surface area (Å²) in [7, 11) is 0. The molecule has 8 heteroatoms. The number of hydrogen-bond acceptors (Lipinski definition) is 2. The second-order valence-corrected chi connectivity index (χ2v) is 2.33. The Hall–Kier alpha value is 2.66. The fourth-order valence-electron chi connectivity index (χ4n) is 0. The molecule has 0 aromatic carbocycles. The third-order valence-corrected chi connectivity index (χ3v) is 0. The van der Waals surface area contributed by atoms with Crippen LogP contribution in [0, 0.1) is 0 Å². The van der Waals surface area contributed by atoms with Gasteiger partial charge in [0, 0.05) is 19.5 Å². The van der Waals surface area contributed by atoms with E-state index in [1.165, 1.54) is 0 Å². The average Bonchev–Trinajstić information content (AvgIpc) is 0.722. The minimum Gasteiger partial charge on any atom is 0 e. The molecule has 2 N–H and O–H groups in total. The minimum absolute atomic E-state index is 0. The molecule has 4 nitrogen and oxygen atoms in total. The van der Waals surface area contributed by atoms with Gasteiger partial charge in [0.1, 0.15) is 0 Å². The Morgan fingerprint density at radius 3 is 1.00 bits per heavy atom. The molecule has 0 fully saturated rings. The Labute approximate surface area is 106 Å². The molecule has 0 radical (unpaired) electrons. The van der Waals surface area contributed by atoms with Gasteiger partial charge in [0.15, 0.2) is 0 Å². The van der Waals surface area contributed by atoms with E-state index in [9.17, 15) is 0 Å². The predicted molar refractivity (Wildman–Crippen MR) is 25.9 cm³/mol. The predicted octanol–water partition coefficient (Wildman–Crippen LogP) is -3.03. The molecule has 0 unspecified atom stereocenters. The standard InChI is InChI=1S/2Na.H2O4Se.Zn.2H/c;;1-5(2,3)4;;;/h;;(H2,1,2,3,4);;;. The Morgan fingerprint density at radius 1 is 1.00 bits per heavy atom. The second kappa shape index (κ2) is 9.66. The van der Waals surface area contributed by atoms with E-state index < -0.39 is 13.4 Å². The van der Waals surface area contributed by atoms with Crippen LogP contribution in [0.3, 0.4) is 0 Å². The maximum absolute atomic E-state index is 8.82. The van der Waals surface area contributed by atoms with E-state index in [0.717, 1.165) is 0 Å². The van der Waals surface area contributed by atoms with Gasteiger partial charge in [0.2, 0.25) is 0 Å². The summed E-state index contributed by atoms with van der Waals surface area (Å²) < 4.78 is 31.9. The molecule has 0 rings (SSSR count). The van der Waals surface area contributed by atoms with Crippen LogP contribution >= 0.6 is 0 Å². The van der Waals surface area contributed by atoms with Crippen molar-refractivity contribution in [2.24, 2.45) is 0 Å². The molecule has 0 saturated heterocycles. The molecule has 8 heavy (non-hydrogen) atoms. The van der Waals surface area contributed by atoms with Gasteiger partial charge in [-0.15, -0.1) is 0 Å². The molecule has 0 aromatic rings. The van der Waals surface area contributed by atoms with Crippen molar-refractivity contribution in [2.45, 2.75) is 0 Å². The van der Waals surface area contributed by atoms with E-state index in [2.05, 4.69) is 0 Å². The number of hydrogen-bond donors (Lipinski definition) is 2. The summed E-state index contributed by atoms with van der Waals surface area (Å²) in [5, 5.41) is 0. The van der Waals surface area contributed by atoms with Crippen LogP contribution in [0.15, 0.2) is 0 Å². The zero-order valence-corrected chi connectivity index (χ0v) is 7.51. The van der Waals surface area contributed by atoms with Crippen LogP contribution in [-0.4, -0.2) is 80.9 Å². The molecule has 0 heterocycles. The molecule has 0 aliphatic rings. The van der Waals surface area contributed by atoms with Gasteiger partial charge >= 0.3 is 88.5 Å². The van der Waals surface area contributed by atoms with E-state index in [1.54, 1.807) is 0 Å². The molecular weight excluding hydrogens is 254 g/mol. The monoisotopic (exact) mass is 258 g/mol. The van der Waals surface area contributed by atoms with Crippen molar-refractivity contribution in [3.63, 3.8) is 0 Å². The first-order valence-electron chi connectivity index (χ1n) is 0.698. The Morgan fingerprint density at radius 2 is 1.00 bits per heavy atom. The first kappa shape index (κ1) is 22.4. The molecule has 0 amide bonds. The molecule has 0 aliphatic heterocycles. The molecule has 38 valence electrons. The molecule has 0 spiro atoms. The van der Waals surface area contributed by atoms with Crippen LogP contribution in [0.1, 0.15) is 0 Å². The third-order valence-electron chi connectivity index (χ3n) is 0. The van der Waals surface area contributed by atoms with Crippen molar-refractivity contribution in [1.82, 2.24) is 0 Å². The molecule has 0 saturated carbocycles. The first-order chi connectivity index (χ1) is 2.00. The van der Waals surface area contributed by atoms with Crippen molar-refractivity contribution in [2.75, 3.05) is 0 Å². The van der Waals surface area contributed by atoms with Gasteiger partial charge in [-0.1, -0.05) is 0 Å². The largest absolute Gasteiger partial charge is 0 e. The van der Waals surface area contributed by atoms with Crippen molar-refractivity contribution in [3.05, 3.63) is 0 Å². The van der Waals surface area contributed by atoms with Crippen LogP contribution < -0.4 is 0 Å². The summed E-state index contributed by atoms with van der Waals surface area (Å²) in [5.74, 6) is 0. The maximum atomic E-state index is 8.82. The Bertz CT molecular complexity index is 97.2. The SMILES string of the molecule is O=[Se](=O)(O)O.[NaH].[NaH].[Zn]. The molecule has 0 aliphatic carbocycles. The fraction of sp³-hybridized carbons (Fsp3) is 0. The van der Waals surface area contributed by atoms with Crippen LogP contribution in [-0.2, 0) is 27.1 Å². The molecule has 0 atom stereocenters. The van der Waals surface area contributed by atoms with Crippen LogP contribution in [0.4, 0.5) is 0 Å². The summed E-state index contributed by atoms with van der Waals surface area (Å²) in [6, 6.07) is 0. The van der Waals surface area contributed by atoms with Gasteiger partial charge in [-0.2, -0.15) is 0 Å². The van der Waals surface area contributed by atoms with Gasteiger partial charge in [-0.25, -0.2) is 0 Å². The van der Waals surface area contributed by atoms with E-state index in [1.807, 2.05) is 0 Å². The van der Waals surface area contributed by atoms with Crippen LogP contribution in [0.5, 0.6) is 0 Å². The van der Waals surface area contributed by atoms with Gasteiger partial charge in [-0.05, 0) is 0 Å². The van der Waals surface area contributed by atoms with Crippen LogP contribution in [0.2, 0.25) is 0 Å². The minimum atomic E-state index is -5.25. The molecule has 0 bridgehead atoms. The molecular formula is H4Na2O4SeZn. The second-order valence-electron chi connectivity index (χ2n) is 0.448. The topological polar surface area (TPSA) is 74.6 Å². The zero-order chi connectivity index (χ0) is 4.50. The van der Waals surface area contributed by atoms with Crippen molar-refractivity contribution in [1.29, 1.82) is 0 Å². The van der Waals surface area contributed by atoms with Gasteiger partial charge < -0.3 is 0 Å². The van der Waals surface area contributed by atoms with Crippen molar-refractivity contribution in [3.8, 4) is 0 Å². The van der Waals surface area contributed by atoms with Crippen LogP contribution in [0.25, 0.3) is 0 Å². The van der Waals surface area contributed by atoms with E-state index in [0.29, 0.717) is 0 Å². The summed E-state index contributed by atoms with van der Waals surface area (Å²) in [6.45, 7) is 0.